The second-order valence-electron chi connectivity index (χ2n) is 4.37. The van der Waals surface area contributed by atoms with Crippen molar-refractivity contribution in [3.63, 3.8) is 0 Å². The second kappa shape index (κ2) is 8.25. The summed E-state index contributed by atoms with van der Waals surface area (Å²) < 4.78 is 0. The normalized spacial score (nSPS) is 27.6. The van der Waals surface area contributed by atoms with E-state index in [9.17, 15) is 0 Å². The van der Waals surface area contributed by atoms with E-state index < -0.39 is 0 Å². The maximum absolute atomic E-state index is 3.47. The first-order chi connectivity index (χ1) is 6.93. The molecule has 0 radical (unpaired) electrons. The summed E-state index contributed by atoms with van der Waals surface area (Å²) in [4.78, 5) is 0. The molecule has 2 aliphatic rings. The molecule has 2 heteroatoms. The summed E-state index contributed by atoms with van der Waals surface area (Å²) in [6.07, 6.45) is 9.74. The van der Waals surface area contributed by atoms with Crippen molar-refractivity contribution in [1.82, 2.24) is 10.6 Å². The Morgan fingerprint density at radius 1 is 0.929 bits per heavy atom. The van der Waals surface area contributed by atoms with Gasteiger partial charge in [0.15, 0.2) is 0 Å². The Hall–Kier alpha value is -0.0800. The lowest BCUT2D eigenvalue weighted by atomic mass is 10.0. The van der Waals surface area contributed by atoms with Crippen molar-refractivity contribution >= 4 is 0 Å². The van der Waals surface area contributed by atoms with Gasteiger partial charge in [0.2, 0.25) is 0 Å². The number of piperidine rings is 2. The predicted octanol–water partition coefficient (Wildman–Crippen LogP) is 2.30. The highest BCUT2D eigenvalue weighted by Crippen LogP contribution is 2.08. The first kappa shape index (κ1) is 12.0. The minimum absolute atomic E-state index is 0.837. The van der Waals surface area contributed by atoms with Crippen LogP contribution in [0, 0.1) is 0 Å². The van der Waals surface area contributed by atoms with Gasteiger partial charge in [0, 0.05) is 6.04 Å². The number of hydrogen-bond acceptors (Lipinski definition) is 2. The quantitative estimate of drug-likeness (QED) is 0.675. The molecule has 0 aromatic heterocycles. The standard InChI is InChI=1S/C7H15N.C5H11N/c1-2-7-5-3-4-6-8-7;1-2-4-6-5-3-1/h7-8H,2-6H2,1H3;6H,1-5H2. The summed E-state index contributed by atoms with van der Waals surface area (Å²) >= 11 is 0. The summed E-state index contributed by atoms with van der Waals surface area (Å²) in [6, 6.07) is 0.837. The molecule has 2 fully saturated rings. The van der Waals surface area contributed by atoms with Gasteiger partial charge < -0.3 is 10.6 Å². The summed E-state index contributed by atoms with van der Waals surface area (Å²) in [7, 11) is 0. The molecule has 2 nitrogen and oxygen atoms in total. The fourth-order valence-electron chi connectivity index (χ4n) is 2.07. The Balaban J connectivity index is 0.000000146. The van der Waals surface area contributed by atoms with Gasteiger partial charge in [0.1, 0.15) is 0 Å². The maximum atomic E-state index is 3.47. The largest absolute Gasteiger partial charge is 0.317 e. The summed E-state index contributed by atoms with van der Waals surface area (Å²) in [6.45, 7) is 6.00. The van der Waals surface area contributed by atoms with Crippen molar-refractivity contribution in [1.29, 1.82) is 0 Å². The fraction of sp³-hybridized carbons (Fsp3) is 1.00. The maximum Gasteiger partial charge on any atom is 0.00644 e. The van der Waals surface area contributed by atoms with Gasteiger partial charge in [0.05, 0.1) is 0 Å². The van der Waals surface area contributed by atoms with E-state index in [4.69, 9.17) is 0 Å². The van der Waals surface area contributed by atoms with Crippen molar-refractivity contribution < 1.29 is 0 Å². The van der Waals surface area contributed by atoms with Gasteiger partial charge in [-0.25, -0.2) is 0 Å². The third-order valence-corrected chi connectivity index (χ3v) is 3.11. The van der Waals surface area contributed by atoms with Gasteiger partial charge in [-0.3, -0.25) is 0 Å². The van der Waals surface area contributed by atoms with E-state index in [2.05, 4.69) is 17.6 Å². The van der Waals surface area contributed by atoms with Crippen LogP contribution >= 0.6 is 0 Å². The lowest BCUT2D eigenvalue weighted by molar-refractivity contribution is 0.393. The van der Waals surface area contributed by atoms with E-state index in [1.165, 1.54) is 64.6 Å². The van der Waals surface area contributed by atoms with Crippen molar-refractivity contribution in [3.05, 3.63) is 0 Å². The average Bonchev–Trinajstić information content (AvgIpc) is 2.33. The van der Waals surface area contributed by atoms with Crippen LogP contribution in [0.25, 0.3) is 0 Å². The first-order valence-electron chi connectivity index (χ1n) is 6.37. The molecule has 84 valence electrons. The molecule has 0 aromatic rings. The van der Waals surface area contributed by atoms with Crippen LogP contribution in [0.15, 0.2) is 0 Å². The number of hydrogen-bond donors (Lipinski definition) is 2. The molecule has 0 spiro atoms. The SMILES string of the molecule is C1CCNCC1.CCC1CCCCN1. The van der Waals surface area contributed by atoms with Crippen molar-refractivity contribution in [2.45, 2.75) is 57.9 Å². The highest BCUT2D eigenvalue weighted by atomic mass is 14.9. The Kier molecular flexibility index (Phi) is 7.06. The molecule has 1 atom stereocenters. The average molecular weight is 198 g/mol. The second-order valence-corrected chi connectivity index (χ2v) is 4.37. The van der Waals surface area contributed by atoms with Crippen molar-refractivity contribution in [2.24, 2.45) is 0 Å². The zero-order chi connectivity index (χ0) is 10.1. The molecule has 0 bridgehead atoms. The molecular formula is C12H26N2. The van der Waals surface area contributed by atoms with E-state index in [0.717, 1.165) is 6.04 Å². The monoisotopic (exact) mass is 198 g/mol. The van der Waals surface area contributed by atoms with E-state index in [-0.39, 0.29) is 0 Å². The van der Waals surface area contributed by atoms with Crippen LogP contribution in [-0.4, -0.2) is 25.7 Å². The molecule has 2 rings (SSSR count). The van der Waals surface area contributed by atoms with Gasteiger partial charge in [-0.05, 0) is 51.7 Å². The van der Waals surface area contributed by atoms with Crippen LogP contribution in [0.4, 0.5) is 0 Å². The predicted molar refractivity (Wildman–Crippen MR) is 62.7 cm³/mol. The van der Waals surface area contributed by atoms with E-state index in [1.54, 1.807) is 0 Å². The molecular weight excluding hydrogens is 172 g/mol. The molecule has 2 saturated heterocycles. The van der Waals surface area contributed by atoms with Crippen LogP contribution in [0.3, 0.4) is 0 Å². The smallest absolute Gasteiger partial charge is 0.00644 e. The Morgan fingerprint density at radius 2 is 1.64 bits per heavy atom. The molecule has 1 unspecified atom stereocenters. The molecule has 0 saturated carbocycles. The summed E-state index contributed by atoms with van der Waals surface area (Å²) in [5.41, 5.74) is 0. The summed E-state index contributed by atoms with van der Waals surface area (Å²) in [5, 5.41) is 6.75. The molecule has 14 heavy (non-hydrogen) atoms. The summed E-state index contributed by atoms with van der Waals surface area (Å²) in [5.74, 6) is 0. The lowest BCUT2D eigenvalue weighted by Crippen LogP contribution is -2.32. The van der Waals surface area contributed by atoms with E-state index in [0.29, 0.717) is 0 Å². The highest BCUT2D eigenvalue weighted by Gasteiger charge is 2.08. The fourth-order valence-corrected chi connectivity index (χ4v) is 2.07. The van der Waals surface area contributed by atoms with Gasteiger partial charge in [0.25, 0.3) is 0 Å². The molecule has 2 N–H and O–H groups in total. The zero-order valence-corrected chi connectivity index (χ0v) is 9.65. The number of rotatable bonds is 1. The molecule has 0 aromatic carbocycles. The van der Waals surface area contributed by atoms with Crippen molar-refractivity contribution in [3.8, 4) is 0 Å². The topological polar surface area (TPSA) is 24.1 Å². The van der Waals surface area contributed by atoms with Gasteiger partial charge in [-0.1, -0.05) is 19.8 Å². The first-order valence-corrected chi connectivity index (χ1v) is 6.37. The van der Waals surface area contributed by atoms with E-state index in [1.807, 2.05) is 0 Å². The van der Waals surface area contributed by atoms with Gasteiger partial charge in [-0.2, -0.15) is 0 Å². The van der Waals surface area contributed by atoms with Crippen LogP contribution in [0.1, 0.15) is 51.9 Å². The molecule has 0 amide bonds. The Bertz CT molecular complexity index is 104. The molecule has 0 aliphatic carbocycles. The minimum atomic E-state index is 0.837. The van der Waals surface area contributed by atoms with Crippen LogP contribution in [0.2, 0.25) is 0 Å². The van der Waals surface area contributed by atoms with Crippen molar-refractivity contribution in [2.75, 3.05) is 19.6 Å². The third kappa shape index (κ3) is 5.61. The number of nitrogens with one attached hydrogen (secondary N) is 2. The highest BCUT2D eigenvalue weighted by molar-refractivity contribution is 4.69. The van der Waals surface area contributed by atoms with Gasteiger partial charge >= 0.3 is 0 Å². The lowest BCUT2D eigenvalue weighted by Gasteiger charge is -2.21. The van der Waals surface area contributed by atoms with Crippen LogP contribution in [-0.2, 0) is 0 Å². The minimum Gasteiger partial charge on any atom is -0.317 e. The van der Waals surface area contributed by atoms with Gasteiger partial charge in [-0.15, -0.1) is 0 Å². The van der Waals surface area contributed by atoms with E-state index >= 15 is 0 Å². The zero-order valence-electron chi connectivity index (χ0n) is 9.65. The van der Waals surface area contributed by atoms with Crippen LogP contribution in [0.5, 0.6) is 0 Å². The Morgan fingerprint density at radius 3 is 1.93 bits per heavy atom. The third-order valence-electron chi connectivity index (χ3n) is 3.11. The molecule has 2 heterocycles. The Labute approximate surface area is 88.8 Å². The molecule has 2 aliphatic heterocycles. The van der Waals surface area contributed by atoms with Crippen LogP contribution < -0.4 is 10.6 Å².